The van der Waals surface area contributed by atoms with Gasteiger partial charge < -0.3 is 24.1 Å². The zero-order valence-electron chi connectivity index (χ0n) is 19.9. The monoisotopic (exact) mass is 504 g/mol. The molecule has 0 spiro atoms. The number of halogens is 1. The van der Waals surface area contributed by atoms with Gasteiger partial charge in [0, 0.05) is 50.2 Å². The van der Waals surface area contributed by atoms with Crippen molar-refractivity contribution < 1.29 is 28.9 Å². The van der Waals surface area contributed by atoms with Crippen molar-refractivity contribution in [1.82, 2.24) is 9.80 Å². The third-order valence-corrected chi connectivity index (χ3v) is 5.97. The van der Waals surface area contributed by atoms with Gasteiger partial charge in [-0.25, -0.2) is 4.79 Å². The topological polar surface area (TPSA) is 95.6 Å². The van der Waals surface area contributed by atoms with Gasteiger partial charge in [0.2, 0.25) is 0 Å². The summed E-state index contributed by atoms with van der Waals surface area (Å²) in [7, 11) is 0. The Hall–Kier alpha value is -2.62. The van der Waals surface area contributed by atoms with Gasteiger partial charge in [-0.1, -0.05) is 30.3 Å². The molecule has 1 aromatic heterocycles. The van der Waals surface area contributed by atoms with E-state index in [0.717, 1.165) is 31.7 Å². The van der Waals surface area contributed by atoms with Crippen LogP contribution in [-0.2, 0) is 4.74 Å². The van der Waals surface area contributed by atoms with E-state index in [4.69, 9.17) is 19.0 Å². The second kappa shape index (κ2) is 12.9. The number of carbonyl (C=O) groups excluding carboxylic acids is 1. The maximum atomic E-state index is 12.8. The molecule has 0 amide bonds. The van der Waals surface area contributed by atoms with Crippen LogP contribution in [0.4, 0.5) is 0 Å². The first kappa shape index (κ1) is 27.0. The van der Waals surface area contributed by atoms with E-state index >= 15 is 0 Å². The number of piperazine rings is 1. The summed E-state index contributed by atoms with van der Waals surface area (Å²) in [4.78, 5) is 17.2. The predicted molar refractivity (Wildman–Crippen MR) is 136 cm³/mol. The van der Waals surface area contributed by atoms with Crippen LogP contribution >= 0.6 is 12.4 Å². The summed E-state index contributed by atoms with van der Waals surface area (Å²) in [6, 6.07) is 14.8. The molecule has 1 aliphatic heterocycles. The smallest absolute Gasteiger partial charge is 0.342 e. The number of nitrogens with zero attached hydrogens (tertiary/aromatic N) is 2. The molecule has 1 aliphatic rings. The maximum absolute atomic E-state index is 12.8. The molecule has 4 rings (SSSR count). The third-order valence-electron chi connectivity index (χ3n) is 5.97. The minimum Gasteiger partial charge on any atom is -0.491 e. The minimum absolute atomic E-state index is 0. The van der Waals surface area contributed by atoms with Crippen molar-refractivity contribution in [2.24, 2.45) is 0 Å². The normalized spacial score (nSPS) is 15.5. The summed E-state index contributed by atoms with van der Waals surface area (Å²) in [5, 5.41) is 20.2. The van der Waals surface area contributed by atoms with Crippen LogP contribution in [0, 0.1) is 0 Å². The van der Waals surface area contributed by atoms with Crippen molar-refractivity contribution in [2.45, 2.75) is 13.0 Å². The molecule has 190 valence electrons. The molecule has 1 fully saturated rings. The molecule has 1 saturated heterocycles. The van der Waals surface area contributed by atoms with E-state index in [9.17, 15) is 9.90 Å². The van der Waals surface area contributed by atoms with Crippen LogP contribution in [0.25, 0.3) is 22.3 Å². The molecular weight excluding hydrogens is 472 g/mol. The lowest BCUT2D eigenvalue weighted by atomic mass is 10.1. The fraction of sp³-hybridized carbons (Fsp3) is 0.423. The predicted octanol–water partition coefficient (Wildman–Crippen LogP) is 3.05. The number of ether oxygens (including phenoxy) is 2. The van der Waals surface area contributed by atoms with Crippen LogP contribution in [0.5, 0.6) is 5.75 Å². The van der Waals surface area contributed by atoms with Gasteiger partial charge in [-0.05, 0) is 25.1 Å². The number of fused-ring (bicyclic) bond motifs is 1. The summed E-state index contributed by atoms with van der Waals surface area (Å²) >= 11 is 0. The Morgan fingerprint density at radius 1 is 1.09 bits per heavy atom. The number of rotatable bonds is 10. The van der Waals surface area contributed by atoms with Crippen LogP contribution in [0.3, 0.4) is 0 Å². The summed E-state index contributed by atoms with van der Waals surface area (Å²) < 4.78 is 17.2. The Morgan fingerprint density at radius 3 is 2.49 bits per heavy atom. The van der Waals surface area contributed by atoms with Crippen molar-refractivity contribution in [2.75, 3.05) is 59.1 Å². The highest BCUT2D eigenvalue weighted by Gasteiger charge is 2.24. The first-order valence-electron chi connectivity index (χ1n) is 11.7. The number of hydrogen-bond donors (Lipinski definition) is 2. The zero-order valence-corrected chi connectivity index (χ0v) is 20.7. The first-order chi connectivity index (χ1) is 16.6. The number of esters is 1. The quantitative estimate of drug-likeness (QED) is 0.407. The van der Waals surface area contributed by atoms with Gasteiger partial charge in [0.15, 0.2) is 0 Å². The molecule has 0 bridgehead atoms. The number of hydrogen-bond acceptors (Lipinski definition) is 8. The second-order valence-corrected chi connectivity index (χ2v) is 8.38. The molecule has 2 N–H and O–H groups in total. The van der Waals surface area contributed by atoms with Gasteiger partial charge in [0.25, 0.3) is 0 Å². The molecule has 0 saturated carbocycles. The SMILES string of the molecule is CCOC(=O)c1c(-c2ccccc2)oc2ccc(OCC(O)CN3CCN(CCO)CC3)cc12.Cl. The van der Waals surface area contributed by atoms with Gasteiger partial charge in [0.1, 0.15) is 35.4 Å². The van der Waals surface area contributed by atoms with E-state index in [1.807, 2.05) is 30.3 Å². The van der Waals surface area contributed by atoms with Crippen LogP contribution in [0.2, 0.25) is 0 Å². The molecule has 9 heteroatoms. The minimum atomic E-state index is -0.645. The fourth-order valence-electron chi connectivity index (χ4n) is 4.25. The Bertz CT molecular complexity index is 1080. The highest BCUT2D eigenvalue weighted by Crippen LogP contribution is 2.36. The molecule has 3 aromatic rings. The molecule has 35 heavy (non-hydrogen) atoms. The van der Waals surface area contributed by atoms with Gasteiger partial charge in [-0.15, -0.1) is 12.4 Å². The van der Waals surface area contributed by atoms with Gasteiger partial charge >= 0.3 is 5.97 Å². The number of carbonyl (C=O) groups is 1. The van der Waals surface area contributed by atoms with Crippen molar-refractivity contribution in [3.05, 3.63) is 54.1 Å². The van der Waals surface area contributed by atoms with Crippen molar-refractivity contribution >= 4 is 29.3 Å². The average Bonchev–Trinajstić information content (AvgIpc) is 3.24. The zero-order chi connectivity index (χ0) is 23.9. The lowest BCUT2D eigenvalue weighted by molar-refractivity contribution is 0.0428. The molecule has 1 atom stereocenters. The lowest BCUT2D eigenvalue weighted by Crippen LogP contribution is -2.49. The summed E-state index contributed by atoms with van der Waals surface area (Å²) in [6.45, 7) is 7.01. The van der Waals surface area contributed by atoms with Gasteiger partial charge in [0.05, 0.1) is 13.2 Å². The molecule has 0 radical (unpaired) electrons. The van der Waals surface area contributed by atoms with E-state index in [1.165, 1.54) is 0 Å². The van der Waals surface area contributed by atoms with Gasteiger partial charge in [-0.2, -0.15) is 0 Å². The number of furan rings is 1. The maximum Gasteiger partial charge on any atom is 0.342 e. The largest absolute Gasteiger partial charge is 0.491 e. The number of β-amino-alcohol motifs (C(OH)–C–C–N with tert-alkyl or cyclic N) is 2. The Balaban J connectivity index is 0.00000342. The highest BCUT2D eigenvalue weighted by molar-refractivity contribution is 6.09. The standard InChI is InChI=1S/C26H32N2O6.ClH/c1-2-32-26(31)24-22-16-21(8-9-23(22)34-25(24)19-6-4-3-5-7-19)33-18-20(30)17-28-12-10-27(11-13-28)14-15-29;/h3-9,16,20,29-30H,2,10-15,17-18H2,1H3;1H. The summed E-state index contributed by atoms with van der Waals surface area (Å²) in [6.07, 6.45) is -0.645. The van der Waals surface area contributed by atoms with E-state index < -0.39 is 12.1 Å². The molecule has 8 nitrogen and oxygen atoms in total. The summed E-state index contributed by atoms with van der Waals surface area (Å²) in [5.41, 5.74) is 1.73. The lowest BCUT2D eigenvalue weighted by Gasteiger charge is -2.35. The highest BCUT2D eigenvalue weighted by atomic mass is 35.5. The molecular formula is C26H33ClN2O6. The van der Waals surface area contributed by atoms with E-state index in [0.29, 0.717) is 41.1 Å². The van der Waals surface area contributed by atoms with Crippen molar-refractivity contribution in [3.8, 4) is 17.1 Å². The van der Waals surface area contributed by atoms with E-state index in [2.05, 4.69) is 9.80 Å². The summed E-state index contributed by atoms with van der Waals surface area (Å²) in [5.74, 6) is 0.564. The molecule has 1 unspecified atom stereocenters. The van der Waals surface area contributed by atoms with Crippen LogP contribution in [0.15, 0.2) is 52.9 Å². The van der Waals surface area contributed by atoms with Crippen molar-refractivity contribution in [1.29, 1.82) is 0 Å². The molecule has 2 heterocycles. The Kier molecular flexibility index (Phi) is 9.94. The first-order valence-corrected chi connectivity index (χ1v) is 11.7. The number of benzene rings is 2. The Labute approximate surface area is 211 Å². The van der Waals surface area contributed by atoms with E-state index in [1.54, 1.807) is 25.1 Å². The van der Waals surface area contributed by atoms with Crippen LogP contribution < -0.4 is 4.74 Å². The average molecular weight is 505 g/mol. The third kappa shape index (κ3) is 6.74. The molecule has 2 aromatic carbocycles. The second-order valence-electron chi connectivity index (χ2n) is 8.38. The number of aliphatic hydroxyl groups is 2. The van der Waals surface area contributed by atoms with Crippen LogP contribution in [-0.4, -0.2) is 91.2 Å². The van der Waals surface area contributed by atoms with Crippen molar-refractivity contribution in [3.63, 3.8) is 0 Å². The molecule has 0 aliphatic carbocycles. The Morgan fingerprint density at radius 2 is 1.80 bits per heavy atom. The fourth-order valence-corrected chi connectivity index (χ4v) is 4.25. The van der Waals surface area contributed by atoms with Gasteiger partial charge in [-0.3, -0.25) is 9.80 Å². The van der Waals surface area contributed by atoms with E-state index in [-0.39, 0.29) is 32.2 Å². The number of aliphatic hydroxyl groups excluding tert-OH is 2. The van der Waals surface area contributed by atoms with Crippen LogP contribution in [0.1, 0.15) is 17.3 Å².